The number of hydrogen-bond donors (Lipinski definition) is 3. The Bertz CT molecular complexity index is 432. The van der Waals surface area contributed by atoms with Crippen molar-refractivity contribution in [2.24, 2.45) is 5.84 Å². The van der Waals surface area contributed by atoms with Crippen molar-refractivity contribution in [3.8, 4) is 0 Å². The summed E-state index contributed by atoms with van der Waals surface area (Å²) in [5.74, 6) is 4.37. The second-order valence-electron chi connectivity index (χ2n) is 4.31. The number of nitrogens with two attached hydrogens (primary N) is 1. The van der Waals surface area contributed by atoms with Gasteiger partial charge in [-0.25, -0.2) is 10.2 Å². The molecule has 0 bridgehead atoms. The van der Waals surface area contributed by atoms with Gasteiger partial charge in [0, 0.05) is 43.9 Å². The van der Waals surface area contributed by atoms with Crippen LogP contribution >= 0.6 is 0 Å². The number of hydrazine groups is 1. The molecule has 0 unspecified atom stereocenters. The molecule has 1 aromatic carbocycles. The summed E-state index contributed by atoms with van der Waals surface area (Å²) in [5, 5.41) is 3.24. The average Bonchev–Trinajstić information content (AvgIpc) is 2.41. The van der Waals surface area contributed by atoms with Crippen molar-refractivity contribution < 1.29 is 9.18 Å². The Morgan fingerprint density at radius 3 is 2.83 bits per heavy atom. The van der Waals surface area contributed by atoms with Crippen LogP contribution in [0.4, 0.5) is 4.39 Å². The molecule has 2 rings (SSSR count). The van der Waals surface area contributed by atoms with E-state index in [0.29, 0.717) is 17.7 Å². The molecule has 4 N–H and O–H groups in total. The van der Waals surface area contributed by atoms with Crippen LogP contribution < -0.4 is 16.6 Å². The predicted molar refractivity (Wildman–Crippen MR) is 66.2 cm³/mol. The Morgan fingerprint density at radius 2 is 2.17 bits per heavy atom. The predicted octanol–water partition coefficient (Wildman–Crippen LogP) is -0.166. The average molecular weight is 252 g/mol. The molecule has 1 fully saturated rings. The maximum atomic E-state index is 13.7. The van der Waals surface area contributed by atoms with Gasteiger partial charge < -0.3 is 5.32 Å². The van der Waals surface area contributed by atoms with Crippen LogP contribution in [0.2, 0.25) is 0 Å². The lowest BCUT2D eigenvalue weighted by molar-refractivity contribution is 0.0953. The summed E-state index contributed by atoms with van der Waals surface area (Å²) in [7, 11) is 0. The normalized spacial score (nSPS) is 16.6. The molecular weight excluding hydrogens is 235 g/mol. The summed E-state index contributed by atoms with van der Waals surface area (Å²) >= 11 is 0. The summed E-state index contributed by atoms with van der Waals surface area (Å²) in [6.45, 7) is 4.09. The van der Waals surface area contributed by atoms with E-state index in [2.05, 4.69) is 10.2 Å². The van der Waals surface area contributed by atoms with Gasteiger partial charge in [0.05, 0.1) is 0 Å². The third-order valence-corrected chi connectivity index (χ3v) is 3.04. The number of nitrogens with zero attached hydrogens (tertiary/aromatic N) is 1. The number of hydrogen-bond acceptors (Lipinski definition) is 4. The number of halogens is 1. The number of amides is 1. The van der Waals surface area contributed by atoms with Gasteiger partial charge in [0.2, 0.25) is 0 Å². The summed E-state index contributed by atoms with van der Waals surface area (Å²) in [6, 6.07) is 4.29. The highest BCUT2D eigenvalue weighted by atomic mass is 19.1. The quantitative estimate of drug-likeness (QED) is 0.397. The van der Waals surface area contributed by atoms with Crippen molar-refractivity contribution in [2.75, 3.05) is 26.2 Å². The first-order valence-electron chi connectivity index (χ1n) is 5.93. The summed E-state index contributed by atoms with van der Waals surface area (Å²) in [4.78, 5) is 13.5. The van der Waals surface area contributed by atoms with Gasteiger partial charge in [-0.2, -0.15) is 0 Å². The van der Waals surface area contributed by atoms with Crippen LogP contribution in [-0.2, 0) is 6.54 Å². The van der Waals surface area contributed by atoms with E-state index in [1.165, 1.54) is 12.1 Å². The minimum absolute atomic E-state index is 0.290. The molecule has 0 aromatic heterocycles. The molecule has 1 aliphatic heterocycles. The highest BCUT2D eigenvalue weighted by Gasteiger charge is 2.14. The first-order valence-corrected chi connectivity index (χ1v) is 5.93. The zero-order valence-electron chi connectivity index (χ0n) is 10.1. The lowest BCUT2D eigenvalue weighted by Crippen LogP contribution is -2.43. The first-order chi connectivity index (χ1) is 8.70. The molecule has 1 saturated heterocycles. The van der Waals surface area contributed by atoms with Gasteiger partial charge in [0.1, 0.15) is 5.82 Å². The lowest BCUT2D eigenvalue weighted by Gasteiger charge is -2.27. The second kappa shape index (κ2) is 5.90. The number of rotatable bonds is 3. The highest BCUT2D eigenvalue weighted by Crippen LogP contribution is 2.13. The topological polar surface area (TPSA) is 70.4 Å². The minimum atomic E-state index is -0.406. The molecule has 0 spiro atoms. The number of benzene rings is 1. The Kier molecular flexibility index (Phi) is 4.24. The van der Waals surface area contributed by atoms with Gasteiger partial charge in [-0.1, -0.05) is 0 Å². The Hall–Kier alpha value is -1.50. The van der Waals surface area contributed by atoms with Crippen molar-refractivity contribution in [1.29, 1.82) is 0 Å². The number of nitrogens with one attached hydrogen (secondary N) is 2. The van der Waals surface area contributed by atoms with Crippen molar-refractivity contribution in [3.05, 3.63) is 35.1 Å². The highest BCUT2D eigenvalue weighted by molar-refractivity contribution is 5.93. The molecule has 0 aliphatic carbocycles. The maximum absolute atomic E-state index is 13.7. The largest absolute Gasteiger partial charge is 0.314 e. The summed E-state index contributed by atoms with van der Waals surface area (Å²) < 4.78 is 13.7. The number of carbonyl (C=O) groups excluding carboxylic acids is 1. The van der Waals surface area contributed by atoms with Crippen LogP contribution in [0.5, 0.6) is 0 Å². The standard InChI is InChI=1S/C12H17FN4O/c13-11-2-1-9(12(18)16-14)7-10(11)8-17-5-3-15-4-6-17/h1-2,7,15H,3-6,8,14H2,(H,16,18). The number of nitrogen functional groups attached to an aromatic ring is 1. The van der Waals surface area contributed by atoms with E-state index in [1.54, 1.807) is 6.07 Å². The third-order valence-electron chi connectivity index (χ3n) is 3.04. The fourth-order valence-electron chi connectivity index (χ4n) is 2.03. The Morgan fingerprint density at radius 1 is 1.44 bits per heavy atom. The van der Waals surface area contributed by atoms with Crippen LogP contribution in [0.1, 0.15) is 15.9 Å². The van der Waals surface area contributed by atoms with E-state index in [-0.39, 0.29) is 5.82 Å². The van der Waals surface area contributed by atoms with Crippen molar-refractivity contribution in [2.45, 2.75) is 6.54 Å². The molecule has 0 radical (unpaired) electrons. The van der Waals surface area contributed by atoms with Gasteiger partial charge >= 0.3 is 0 Å². The smallest absolute Gasteiger partial charge is 0.265 e. The fourth-order valence-corrected chi connectivity index (χ4v) is 2.03. The molecule has 5 nitrogen and oxygen atoms in total. The Labute approximate surface area is 105 Å². The molecule has 18 heavy (non-hydrogen) atoms. The molecular formula is C12H17FN4O. The van der Waals surface area contributed by atoms with E-state index < -0.39 is 5.91 Å². The van der Waals surface area contributed by atoms with Gasteiger partial charge in [-0.15, -0.1) is 0 Å². The molecule has 1 aliphatic rings. The van der Waals surface area contributed by atoms with E-state index >= 15 is 0 Å². The first kappa shape index (κ1) is 12.9. The molecule has 6 heteroatoms. The van der Waals surface area contributed by atoms with Crippen molar-refractivity contribution >= 4 is 5.91 Å². The Balaban J connectivity index is 2.12. The van der Waals surface area contributed by atoms with Gasteiger partial charge in [0.25, 0.3) is 5.91 Å². The van der Waals surface area contributed by atoms with Gasteiger partial charge in [-0.05, 0) is 18.2 Å². The molecule has 98 valence electrons. The van der Waals surface area contributed by atoms with Crippen molar-refractivity contribution in [3.63, 3.8) is 0 Å². The SMILES string of the molecule is NNC(=O)c1ccc(F)c(CN2CCNCC2)c1. The van der Waals surface area contributed by atoms with Crippen LogP contribution in [0.3, 0.4) is 0 Å². The third kappa shape index (κ3) is 3.04. The van der Waals surface area contributed by atoms with Crippen LogP contribution in [0.25, 0.3) is 0 Å². The van der Waals surface area contributed by atoms with Crippen LogP contribution in [0.15, 0.2) is 18.2 Å². The van der Waals surface area contributed by atoms with E-state index in [9.17, 15) is 9.18 Å². The van der Waals surface area contributed by atoms with E-state index in [1.807, 2.05) is 5.43 Å². The molecule has 1 heterocycles. The summed E-state index contributed by atoms with van der Waals surface area (Å²) in [5.41, 5.74) is 2.95. The number of piperazine rings is 1. The lowest BCUT2D eigenvalue weighted by atomic mass is 10.1. The molecule has 0 atom stereocenters. The molecule has 1 amide bonds. The zero-order valence-corrected chi connectivity index (χ0v) is 10.1. The molecule has 1 aromatic rings. The van der Waals surface area contributed by atoms with Crippen molar-refractivity contribution in [1.82, 2.24) is 15.6 Å². The van der Waals surface area contributed by atoms with E-state index in [0.717, 1.165) is 26.2 Å². The second-order valence-corrected chi connectivity index (χ2v) is 4.31. The number of carbonyl (C=O) groups is 1. The monoisotopic (exact) mass is 252 g/mol. The summed E-state index contributed by atoms with van der Waals surface area (Å²) in [6.07, 6.45) is 0. The van der Waals surface area contributed by atoms with Gasteiger partial charge in [0.15, 0.2) is 0 Å². The maximum Gasteiger partial charge on any atom is 0.265 e. The van der Waals surface area contributed by atoms with Crippen LogP contribution in [-0.4, -0.2) is 37.0 Å². The van der Waals surface area contributed by atoms with E-state index in [4.69, 9.17) is 5.84 Å². The van der Waals surface area contributed by atoms with Crippen LogP contribution in [0, 0.1) is 5.82 Å². The zero-order chi connectivity index (χ0) is 13.0. The fraction of sp³-hybridized carbons (Fsp3) is 0.417. The van der Waals surface area contributed by atoms with Gasteiger partial charge in [-0.3, -0.25) is 15.1 Å². The minimum Gasteiger partial charge on any atom is -0.314 e. The molecule has 0 saturated carbocycles.